The number of nitrogens with one attached hydrogen (secondary N) is 1. The highest BCUT2D eigenvalue weighted by atomic mass is 35.5. The van der Waals surface area contributed by atoms with E-state index in [4.69, 9.17) is 25.8 Å². The van der Waals surface area contributed by atoms with E-state index in [0.717, 1.165) is 0 Å². The van der Waals surface area contributed by atoms with Crippen molar-refractivity contribution in [3.05, 3.63) is 53.1 Å². The first-order valence-corrected chi connectivity index (χ1v) is 7.58. The van der Waals surface area contributed by atoms with Crippen LogP contribution in [0.25, 0.3) is 0 Å². The van der Waals surface area contributed by atoms with Crippen LogP contribution in [0.15, 0.2) is 42.5 Å². The van der Waals surface area contributed by atoms with Gasteiger partial charge in [-0.05, 0) is 37.3 Å². The Bertz CT molecular complexity index is 792. The lowest BCUT2D eigenvalue weighted by Crippen LogP contribution is -2.30. The zero-order chi connectivity index (χ0) is 17.1. The summed E-state index contributed by atoms with van der Waals surface area (Å²) in [6, 6.07) is 11.3. The number of carbonyl (C=O) groups excluding carboxylic acids is 2. The Labute approximate surface area is 143 Å². The maximum Gasteiger partial charge on any atom is 0.338 e. The summed E-state index contributed by atoms with van der Waals surface area (Å²) in [6.45, 7) is 1.64. The topological polar surface area (TPSA) is 73.9 Å². The van der Waals surface area contributed by atoms with Crippen molar-refractivity contribution in [1.29, 1.82) is 0 Å². The molecule has 1 aliphatic rings. The highest BCUT2D eigenvalue weighted by molar-refractivity contribution is 6.30. The Kier molecular flexibility index (Phi) is 4.57. The van der Waals surface area contributed by atoms with Gasteiger partial charge in [0.2, 0.25) is 6.79 Å². The fourth-order valence-corrected chi connectivity index (χ4v) is 2.31. The van der Waals surface area contributed by atoms with Crippen molar-refractivity contribution in [3.8, 4) is 11.5 Å². The molecule has 24 heavy (non-hydrogen) atoms. The smallest absolute Gasteiger partial charge is 0.338 e. The lowest BCUT2D eigenvalue weighted by atomic mass is 10.2. The molecule has 2 aromatic rings. The fourth-order valence-electron chi connectivity index (χ4n) is 2.12. The first kappa shape index (κ1) is 16.1. The molecule has 0 saturated carbocycles. The third-order valence-electron chi connectivity index (χ3n) is 3.35. The minimum Gasteiger partial charge on any atom is -0.454 e. The summed E-state index contributed by atoms with van der Waals surface area (Å²) in [6.07, 6.45) is -0.970. The Morgan fingerprint density at radius 1 is 1.17 bits per heavy atom. The van der Waals surface area contributed by atoms with Crippen LogP contribution in [0.4, 0.5) is 5.69 Å². The molecule has 1 heterocycles. The van der Waals surface area contributed by atoms with E-state index in [0.29, 0.717) is 22.2 Å². The van der Waals surface area contributed by atoms with Gasteiger partial charge in [-0.3, -0.25) is 4.79 Å². The molecule has 6 nitrogen and oxygen atoms in total. The molecule has 0 aliphatic carbocycles. The summed E-state index contributed by atoms with van der Waals surface area (Å²) >= 11 is 5.83. The maximum absolute atomic E-state index is 12.2. The lowest BCUT2D eigenvalue weighted by Gasteiger charge is -2.14. The van der Waals surface area contributed by atoms with E-state index in [-0.39, 0.29) is 12.4 Å². The largest absolute Gasteiger partial charge is 0.454 e. The van der Waals surface area contributed by atoms with Crippen molar-refractivity contribution < 1.29 is 23.8 Å². The van der Waals surface area contributed by atoms with E-state index in [9.17, 15) is 9.59 Å². The quantitative estimate of drug-likeness (QED) is 0.859. The lowest BCUT2D eigenvalue weighted by molar-refractivity contribution is -0.123. The molecule has 1 unspecified atom stereocenters. The molecular weight excluding hydrogens is 334 g/mol. The number of hydrogen-bond donors (Lipinski definition) is 1. The minimum absolute atomic E-state index is 0.153. The number of carbonyl (C=O) groups is 2. The number of esters is 1. The standard InChI is InChI=1S/C17H14ClNO5/c1-10(24-17(21)11-3-2-4-12(18)7-11)16(20)19-13-5-6-14-15(8-13)23-9-22-14/h2-8,10H,9H2,1H3,(H,19,20). The molecular formula is C17H14ClNO5. The Balaban J connectivity index is 1.61. The molecule has 1 N–H and O–H groups in total. The normalized spacial score (nSPS) is 13.2. The molecule has 7 heteroatoms. The number of amides is 1. The molecule has 3 rings (SSSR count). The molecule has 0 bridgehead atoms. The van der Waals surface area contributed by atoms with Crippen LogP contribution < -0.4 is 14.8 Å². The number of halogens is 1. The highest BCUT2D eigenvalue weighted by Gasteiger charge is 2.20. The summed E-state index contributed by atoms with van der Waals surface area (Å²) in [4.78, 5) is 24.2. The van der Waals surface area contributed by atoms with Crippen molar-refractivity contribution in [2.75, 3.05) is 12.1 Å². The monoisotopic (exact) mass is 347 g/mol. The molecule has 0 spiro atoms. The molecule has 0 saturated heterocycles. The van der Waals surface area contributed by atoms with Crippen LogP contribution in [-0.4, -0.2) is 24.8 Å². The molecule has 0 radical (unpaired) electrons. The van der Waals surface area contributed by atoms with Gasteiger partial charge in [0.1, 0.15) is 0 Å². The second-order valence-corrected chi connectivity index (χ2v) is 5.55. The van der Waals surface area contributed by atoms with Crippen LogP contribution in [0.3, 0.4) is 0 Å². The van der Waals surface area contributed by atoms with Gasteiger partial charge in [0.25, 0.3) is 5.91 Å². The van der Waals surface area contributed by atoms with Crippen LogP contribution in [0.2, 0.25) is 5.02 Å². The Morgan fingerprint density at radius 2 is 1.96 bits per heavy atom. The zero-order valence-corrected chi connectivity index (χ0v) is 13.5. The summed E-state index contributed by atoms with van der Waals surface area (Å²) in [7, 11) is 0. The third-order valence-corrected chi connectivity index (χ3v) is 3.59. The summed E-state index contributed by atoms with van der Waals surface area (Å²) in [5.74, 6) is 0.0971. The Hall–Kier alpha value is -2.73. The fraction of sp³-hybridized carbons (Fsp3) is 0.176. The predicted molar refractivity (Wildman–Crippen MR) is 87.5 cm³/mol. The van der Waals surface area contributed by atoms with Crippen molar-refractivity contribution in [1.82, 2.24) is 0 Å². The summed E-state index contributed by atoms with van der Waals surface area (Å²) < 4.78 is 15.6. The summed E-state index contributed by atoms with van der Waals surface area (Å²) in [5, 5.41) is 3.08. The van der Waals surface area contributed by atoms with Gasteiger partial charge in [-0.2, -0.15) is 0 Å². The molecule has 1 aliphatic heterocycles. The van der Waals surface area contributed by atoms with Crippen molar-refractivity contribution in [3.63, 3.8) is 0 Å². The van der Waals surface area contributed by atoms with Gasteiger partial charge in [0.05, 0.1) is 5.56 Å². The van der Waals surface area contributed by atoms with E-state index in [2.05, 4.69) is 5.32 Å². The Morgan fingerprint density at radius 3 is 2.75 bits per heavy atom. The van der Waals surface area contributed by atoms with Crippen LogP contribution >= 0.6 is 11.6 Å². The van der Waals surface area contributed by atoms with Gasteiger partial charge in [-0.25, -0.2) is 4.79 Å². The number of rotatable bonds is 4. The van der Waals surface area contributed by atoms with E-state index >= 15 is 0 Å². The van der Waals surface area contributed by atoms with Crippen molar-refractivity contribution in [2.45, 2.75) is 13.0 Å². The van der Waals surface area contributed by atoms with Crippen LogP contribution in [0, 0.1) is 0 Å². The molecule has 1 amide bonds. The molecule has 2 aromatic carbocycles. The van der Waals surface area contributed by atoms with Crippen LogP contribution in [-0.2, 0) is 9.53 Å². The van der Waals surface area contributed by atoms with Gasteiger partial charge in [0.15, 0.2) is 17.6 Å². The van der Waals surface area contributed by atoms with E-state index < -0.39 is 18.0 Å². The second kappa shape index (κ2) is 6.80. The molecule has 0 fully saturated rings. The highest BCUT2D eigenvalue weighted by Crippen LogP contribution is 2.34. The number of hydrogen-bond acceptors (Lipinski definition) is 5. The average molecular weight is 348 g/mol. The predicted octanol–water partition coefficient (Wildman–Crippen LogP) is 3.25. The minimum atomic E-state index is -0.970. The summed E-state index contributed by atoms with van der Waals surface area (Å²) in [5.41, 5.74) is 0.806. The van der Waals surface area contributed by atoms with Crippen molar-refractivity contribution >= 4 is 29.2 Å². The SMILES string of the molecule is CC(OC(=O)c1cccc(Cl)c1)C(=O)Nc1ccc2c(c1)OCO2. The molecule has 124 valence electrons. The van der Waals surface area contributed by atoms with Crippen LogP contribution in [0.5, 0.6) is 11.5 Å². The average Bonchev–Trinajstić information content (AvgIpc) is 3.02. The number of anilines is 1. The molecule has 1 atom stereocenters. The second-order valence-electron chi connectivity index (χ2n) is 5.12. The van der Waals surface area contributed by atoms with Gasteiger partial charge < -0.3 is 19.5 Å². The number of benzene rings is 2. The van der Waals surface area contributed by atoms with E-state index in [1.54, 1.807) is 36.4 Å². The first-order chi connectivity index (χ1) is 11.5. The number of ether oxygens (including phenoxy) is 3. The van der Waals surface area contributed by atoms with Gasteiger partial charge in [0, 0.05) is 16.8 Å². The first-order valence-electron chi connectivity index (χ1n) is 7.20. The zero-order valence-electron chi connectivity index (χ0n) is 12.7. The van der Waals surface area contributed by atoms with Gasteiger partial charge in [-0.15, -0.1) is 0 Å². The van der Waals surface area contributed by atoms with Crippen molar-refractivity contribution in [2.24, 2.45) is 0 Å². The number of fused-ring (bicyclic) bond motifs is 1. The van der Waals surface area contributed by atoms with E-state index in [1.807, 2.05) is 0 Å². The van der Waals surface area contributed by atoms with Crippen LogP contribution in [0.1, 0.15) is 17.3 Å². The van der Waals surface area contributed by atoms with E-state index in [1.165, 1.54) is 13.0 Å². The maximum atomic E-state index is 12.2. The van der Waals surface area contributed by atoms with Gasteiger partial charge in [-0.1, -0.05) is 17.7 Å². The van der Waals surface area contributed by atoms with Gasteiger partial charge >= 0.3 is 5.97 Å². The third kappa shape index (κ3) is 3.60. The molecule has 0 aromatic heterocycles.